The Morgan fingerprint density at radius 1 is 1.14 bits per heavy atom. The van der Waals surface area contributed by atoms with Gasteiger partial charge >= 0.3 is 0 Å². The molecule has 28 heavy (non-hydrogen) atoms. The van der Waals surface area contributed by atoms with Crippen LogP contribution >= 0.6 is 0 Å². The maximum absolute atomic E-state index is 12.8. The van der Waals surface area contributed by atoms with Crippen LogP contribution in [0.1, 0.15) is 24.5 Å². The minimum Gasteiger partial charge on any atom is -0.493 e. The summed E-state index contributed by atoms with van der Waals surface area (Å²) in [4.78, 5) is 26.9. The van der Waals surface area contributed by atoms with Gasteiger partial charge in [-0.2, -0.15) is 0 Å². The Morgan fingerprint density at radius 3 is 2.39 bits per heavy atom. The Morgan fingerprint density at radius 2 is 1.79 bits per heavy atom. The maximum atomic E-state index is 12.8. The summed E-state index contributed by atoms with van der Waals surface area (Å²) < 4.78 is 10.6. The van der Waals surface area contributed by atoms with Crippen LogP contribution in [0.2, 0.25) is 0 Å². The third-order valence-electron chi connectivity index (χ3n) is 5.14. The molecule has 6 nitrogen and oxygen atoms in total. The van der Waals surface area contributed by atoms with E-state index >= 15 is 0 Å². The Hall–Kier alpha value is -3.02. The van der Waals surface area contributed by atoms with Gasteiger partial charge in [0.2, 0.25) is 11.8 Å². The van der Waals surface area contributed by atoms with Gasteiger partial charge in [0.1, 0.15) is 0 Å². The van der Waals surface area contributed by atoms with Gasteiger partial charge in [-0.25, -0.2) is 0 Å². The molecular formula is C22H26N2O4. The zero-order valence-corrected chi connectivity index (χ0v) is 16.7. The molecule has 1 N–H and O–H groups in total. The molecule has 1 aliphatic heterocycles. The van der Waals surface area contributed by atoms with Crippen molar-refractivity contribution in [2.45, 2.75) is 26.7 Å². The molecule has 148 valence electrons. The molecule has 2 aromatic carbocycles. The van der Waals surface area contributed by atoms with E-state index in [0.29, 0.717) is 23.7 Å². The maximum Gasteiger partial charge on any atom is 0.229 e. The number of aryl methyl sites for hydroxylation is 2. The predicted octanol–water partition coefficient (Wildman–Crippen LogP) is 3.57. The first kappa shape index (κ1) is 19.7. The van der Waals surface area contributed by atoms with Gasteiger partial charge in [0.25, 0.3) is 0 Å². The van der Waals surface area contributed by atoms with E-state index < -0.39 is 5.92 Å². The zero-order chi connectivity index (χ0) is 20.3. The van der Waals surface area contributed by atoms with Crippen molar-refractivity contribution >= 4 is 23.2 Å². The van der Waals surface area contributed by atoms with Gasteiger partial charge in [-0.1, -0.05) is 19.1 Å². The molecule has 1 heterocycles. The van der Waals surface area contributed by atoms with Crippen LogP contribution in [-0.2, 0) is 16.0 Å². The Balaban J connectivity index is 1.72. The molecule has 0 spiro atoms. The van der Waals surface area contributed by atoms with E-state index in [1.54, 1.807) is 25.2 Å². The van der Waals surface area contributed by atoms with E-state index in [-0.39, 0.29) is 18.2 Å². The average molecular weight is 382 g/mol. The van der Waals surface area contributed by atoms with Crippen molar-refractivity contribution in [2.24, 2.45) is 5.92 Å². The minimum atomic E-state index is -0.397. The SMILES string of the molecule is CCc1ccc(N2C[C@H](C(=O)Nc3cc(OC)c(OC)cc3C)CC2=O)cc1. The number of ether oxygens (including phenoxy) is 2. The van der Waals surface area contributed by atoms with Crippen LogP contribution in [-0.4, -0.2) is 32.6 Å². The third kappa shape index (κ3) is 3.96. The normalized spacial score (nSPS) is 16.2. The lowest BCUT2D eigenvalue weighted by Gasteiger charge is -2.18. The van der Waals surface area contributed by atoms with Gasteiger partial charge in [0.15, 0.2) is 11.5 Å². The molecule has 0 saturated carbocycles. The highest BCUT2D eigenvalue weighted by atomic mass is 16.5. The fraction of sp³-hybridized carbons (Fsp3) is 0.364. The molecule has 2 amide bonds. The Bertz CT molecular complexity index is 877. The van der Waals surface area contributed by atoms with E-state index in [0.717, 1.165) is 17.7 Å². The number of nitrogens with one attached hydrogen (secondary N) is 1. The summed E-state index contributed by atoms with van der Waals surface area (Å²) in [6.45, 7) is 4.36. The zero-order valence-electron chi connectivity index (χ0n) is 16.7. The number of hydrogen-bond acceptors (Lipinski definition) is 4. The van der Waals surface area contributed by atoms with Crippen molar-refractivity contribution in [3.8, 4) is 11.5 Å². The Labute approximate surface area is 165 Å². The monoisotopic (exact) mass is 382 g/mol. The molecule has 1 atom stereocenters. The highest BCUT2D eigenvalue weighted by Gasteiger charge is 2.35. The van der Waals surface area contributed by atoms with Crippen molar-refractivity contribution < 1.29 is 19.1 Å². The number of anilines is 2. The molecular weight excluding hydrogens is 356 g/mol. The molecule has 0 aromatic heterocycles. The van der Waals surface area contributed by atoms with Gasteiger partial charge in [0.05, 0.1) is 20.1 Å². The highest BCUT2D eigenvalue weighted by molar-refractivity contribution is 6.03. The van der Waals surface area contributed by atoms with Crippen molar-refractivity contribution in [1.82, 2.24) is 0 Å². The van der Waals surface area contributed by atoms with E-state index in [1.807, 2.05) is 37.3 Å². The van der Waals surface area contributed by atoms with Crippen LogP contribution in [0.3, 0.4) is 0 Å². The van der Waals surface area contributed by atoms with Crippen LogP contribution in [0.15, 0.2) is 36.4 Å². The molecule has 0 unspecified atom stereocenters. The number of rotatable bonds is 6. The van der Waals surface area contributed by atoms with E-state index in [1.165, 1.54) is 5.56 Å². The molecule has 1 saturated heterocycles. The number of amides is 2. The average Bonchev–Trinajstić information content (AvgIpc) is 3.11. The Kier molecular flexibility index (Phi) is 5.87. The number of nitrogens with zero attached hydrogens (tertiary/aromatic N) is 1. The fourth-order valence-corrected chi connectivity index (χ4v) is 3.39. The van der Waals surface area contributed by atoms with E-state index in [2.05, 4.69) is 12.2 Å². The lowest BCUT2D eigenvalue weighted by Crippen LogP contribution is -2.28. The molecule has 6 heteroatoms. The van der Waals surface area contributed by atoms with Gasteiger partial charge < -0.3 is 19.7 Å². The van der Waals surface area contributed by atoms with Crippen molar-refractivity contribution in [1.29, 1.82) is 0 Å². The second-order valence-corrected chi connectivity index (χ2v) is 6.94. The summed E-state index contributed by atoms with van der Waals surface area (Å²) in [6.07, 6.45) is 1.15. The summed E-state index contributed by atoms with van der Waals surface area (Å²) in [5.41, 5.74) is 3.57. The summed E-state index contributed by atoms with van der Waals surface area (Å²) in [7, 11) is 3.12. The number of benzene rings is 2. The molecule has 0 aliphatic carbocycles. The summed E-state index contributed by atoms with van der Waals surface area (Å²) in [5, 5.41) is 2.94. The predicted molar refractivity (Wildman–Crippen MR) is 109 cm³/mol. The number of hydrogen-bond donors (Lipinski definition) is 1. The van der Waals surface area contributed by atoms with Crippen LogP contribution in [0.4, 0.5) is 11.4 Å². The van der Waals surface area contributed by atoms with Crippen LogP contribution < -0.4 is 19.7 Å². The van der Waals surface area contributed by atoms with E-state index in [4.69, 9.17) is 9.47 Å². The van der Waals surface area contributed by atoms with Gasteiger partial charge in [-0.15, -0.1) is 0 Å². The van der Waals surface area contributed by atoms with Gasteiger partial charge in [-0.3, -0.25) is 9.59 Å². The first-order valence-electron chi connectivity index (χ1n) is 9.39. The van der Waals surface area contributed by atoms with Crippen molar-refractivity contribution in [3.63, 3.8) is 0 Å². The molecule has 2 aromatic rings. The van der Waals surface area contributed by atoms with E-state index in [9.17, 15) is 9.59 Å². The molecule has 0 radical (unpaired) electrons. The van der Waals surface area contributed by atoms with Gasteiger partial charge in [0, 0.05) is 30.4 Å². The third-order valence-corrected chi connectivity index (χ3v) is 5.14. The largest absolute Gasteiger partial charge is 0.493 e. The number of methoxy groups -OCH3 is 2. The van der Waals surface area contributed by atoms with Crippen LogP contribution in [0.25, 0.3) is 0 Å². The smallest absolute Gasteiger partial charge is 0.229 e. The van der Waals surface area contributed by atoms with Gasteiger partial charge in [-0.05, 0) is 42.7 Å². The minimum absolute atomic E-state index is 0.0339. The van der Waals surface area contributed by atoms with Crippen molar-refractivity contribution in [2.75, 3.05) is 31.0 Å². The standard InChI is InChI=1S/C22H26N2O4/c1-5-15-6-8-17(9-7-15)24-13-16(11-21(24)25)22(26)23-18-12-20(28-4)19(27-3)10-14(18)2/h6-10,12,16H,5,11,13H2,1-4H3,(H,23,26)/t16-/m1/s1. The number of carbonyl (C=O) groups excluding carboxylic acids is 2. The molecule has 0 bridgehead atoms. The summed E-state index contributed by atoms with van der Waals surface area (Å²) >= 11 is 0. The fourth-order valence-electron chi connectivity index (χ4n) is 3.39. The topological polar surface area (TPSA) is 67.9 Å². The van der Waals surface area contributed by atoms with Crippen LogP contribution in [0.5, 0.6) is 11.5 Å². The second-order valence-electron chi connectivity index (χ2n) is 6.94. The van der Waals surface area contributed by atoms with Crippen LogP contribution in [0, 0.1) is 12.8 Å². The second kappa shape index (κ2) is 8.33. The number of carbonyl (C=O) groups is 2. The highest BCUT2D eigenvalue weighted by Crippen LogP contribution is 2.34. The molecule has 1 aliphatic rings. The first-order chi connectivity index (χ1) is 13.5. The molecule has 1 fully saturated rings. The lowest BCUT2D eigenvalue weighted by atomic mass is 10.1. The first-order valence-corrected chi connectivity index (χ1v) is 9.39. The summed E-state index contributed by atoms with van der Waals surface area (Å²) in [6, 6.07) is 11.5. The lowest BCUT2D eigenvalue weighted by molar-refractivity contribution is -0.122. The van der Waals surface area contributed by atoms with Crippen molar-refractivity contribution in [3.05, 3.63) is 47.5 Å². The summed E-state index contributed by atoms with van der Waals surface area (Å²) in [5.74, 6) is 0.551. The quantitative estimate of drug-likeness (QED) is 0.829. The molecule has 3 rings (SSSR count).